The maximum Gasteiger partial charge on any atom is 0.309 e. The molecule has 1 unspecified atom stereocenters. The van der Waals surface area contributed by atoms with E-state index in [1.54, 1.807) is 11.8 Å². The van der Waals surface area contributed by atoms with Crippen LogP contribution in [0.3, 0.4) is 0 Å². The lowest BCUT2D eigenvalue weighted by Gasteiger charge is -2.34. The summed E-state index contributed by atoms with van der Waals surface area (Å²) in [5.41, 5.74) is 0. The van der Waals surface area contributed by atoms with Crippen LogP contribution in [0.4, 0.5) is 0 Å². The van der Waals surface area contributed by atoms with Crippen molar-refractivity contribution < 1.29 is 31.2 Å². The highest BCUT2D eigenvalue weighted by Crippen LogP contribution is 2.29. The zero-order valence-corrected chi connectivity index (χ0v) is 19.1. The van der Waals surface area contributed by atoms with E-state index < -0.39 is 31.7 Å². The highest BCUT2D eigenvalue weighted by molar-refractivity contribution is 7.91. The van der Waals surface area contributed by atoms with E-state index in [9.17, 15) is 26.4 Å². The molecule has 11 heteroatoms. The van der Waals surface area contributed by atoms with Crippen molar-refractivity contribution in [2.45, 2.75) is 64.0 Å². The van der Waals surface area contributed by atoms with Gasteiger partial charge in [-0.15, -0.1) is 0 Å². The highest BCUT2D eigenvalue weighted by Gasteiger charge is 2.39. The number of carbonyl (C=O) groups excluding carboxylic acids is 2. The SMILES string of the molecule is CCS(=O)(=O)N1CCC(C(=O)OCC(=O)N(C2CCCC2)C2CCS(=O)(=O)C2)CC1. The summed E-state index contributed by atoms with van der Waals surface area (Å²) in [4.78, 5) is 27.0. The van der Waals surface area contributed by atoms with Gasteiger partial charge >= 0.3 is 5.97 Å². The largest absolute Gasteiger partial charge is 0.455 e. The molecule has 3 rings (SSSR count). The van der Waals surface area contributed by atoms with Crippen LogP contribution >= 0.6 is 0 Å². The van der Waals surface area contributed by atoms with Crippen molar-refractivity contribution in [3.8, 4) is 0 Å². The molecule has 0 aromatic heterocycles. The average Bonchev–Trinajstić information content (AvgIpc) is 3.36. The third kappa shape index (κ3) is 5.53. The molecule has 3 fully saturated rings. The molecule has 1 saturated carbocycles. The number of hydrogen-bond donors (Lipinski definition) is 0. The van der Waals surface area contributed by atoms with Crippen LogP contribution in [0.15, 0.2) is 0 Å². The lowest BCUT2D eigenvalue weighted by atomic mass is 9.98. The van der Waals surface area contributed by atoms with Gasteiger partial charge in [0.1, 0.15) is 0 Å². The minimum Gasteiger partial charge on any atom is -0.455 e. The Hall–Kier alpha value is -1.20. The predicted octanol–water partition coefficient (Wildman–Crippen LogP) is 0.550. The second-order valence-corrected chi connectivity index (χ2v) is 13.0. The number of ether oxygens (including phenoxy) is 1. The van der Waals surface area contributed by atoms with E-state index >= 15 is 0 Å². The molecule has 0 spiro atoms. The van der Waals surface area contributed by atoms with Crippen molar-refractivity contribution in [1.82, 2.24) is 9.21 Å². The van der Waals surface area contributed by atoms with Crippen LogP contribution in [-0.2, 0) is 34.2 Å². The Morgan fingerprint density at radius 1 is 1.03 bits per heavy atom. The molecule has 1 aliphatic carbocycles. The first-order chi connectivity index (χ1) is 14.1. The maximum absolute atomic E-state index is 12.9. The van der Waals surface area contributed by atoms with E-state index in [4.69, 9.17) is 4.74 Å². The molecular weight excluding hydrogens is 432 g/mol. The molecule has 1 atom stereocenters. The van der Waals surface area contributed by atoms with Gasteiger partial charge in [0, 0.05) is 25.2 Å². The topological polar surface area (TPSA) is 118 Å². The van der Waals surface area contributed by atoms with Crippen LogP contribution in [-0.4, -0.2) is 87.0 Å². The first-order valence-electron chi connectivity index (χ1n) is 10.8. The average molecular weight is 465 g/mol. The van der Waals surface area contributed by atoms with E-state index in [0.29, 0.717) is 19.3 Å². The van der Waals surface area contributed by atoms with E-state index in [0.717, 1.165) is 25.7 Å². The summed E-state index contributed by atoms with van der Waals surface area (Å²) in [5.74, 6) is -1.14. The minimum absolute atomic E-state index is 0.0111. The molecule has 1 amide bonds. The summed E-state index contributed by atoms with van der Waals surface area (Å²) in [5, 5.41) is 0. The molecule has 30 heavy (non-hydrogen) atoms. The van der Waals surface area contributed by atoms with Crippen LogP contribution in [0.5, 0.6) is 0 Å². The van der Waals surface area contributed by atoms with Crippen molar-refractivity contribution in [2.24, 2.45) is 5.92 Å². The van der Waals surface area contributed by atoms with Crippen molar-refractivity contribution in [2.75, 3.05) is 37.0 Å². The van der Waals surface area contributed by atoms with Gasteiger partial charge in [-0.2, -0.15) is 0 Å². The quantitative estimate of drug-likeness (QED) is 0.505. The Bertz CT molecular complexity index is 842. The third-order valence-corrected chi connectivity index (χ3v) is 10.1. The summed E-state index contributed by atoms with van der Waals surface area (Å²) in [7, 11) is -6.39. The zero-order chi connectivity index (χ0) is 21.9. The number of piperidine rings is 1. The Morgan fingerprint density at radius 3 is 2.20 bits per heavy atom. The fourth-order valence-electron chi connectivity index (χ4n) is 4.76. The number of esters is 1. The minimum atomic E-state index is -3.26. The normalized spacial score (nSPS) is 26.0. The maximum atomic E-state index is 12.9. The standard InChI is InChI=1S/C19H32N2O7S2/c1-2-30(26,27)20-10-7-15(8-11-20)19(23)28-13-18(22)21(16-5-3-4-6-16)17-9-12-29(24,25)14-17/h15-17H,2-14H2,1H3. The molecule has 0 N–H and O–H groups in total. The number of sulfone groups is 1. The first kappa shape index (κ1) is 23.5. The number of rotatable bonds is 7. The Labute approximate surface area is 179 Å². The lowest BCUT2D eigenvalue weighted by Crippen LogP contribution is -2.49. The summed E-state index contributed by atoms with van der Waals surface area (Å²) in [6.45, 7) is 1.75. The van der Waals surface area contributed by atoms with Crippen LogP contribution in [0.25, 0.3) is 0 Å². The molecule has 2 saturated heterocycles. The van der Waals surface area contributed by atoms with Gasteiger partial charge < -0.3 is 9.64 Å². The van der Waals surface area contributed by atoms with E-state index in [2.05, 4.69) is 0 Å². The van der Waals surface area contributed by atoms with Gasteiger partial charge in [-0.25, -0.2) is 21.1 Å². The second-order valence-electron chi connectivity index (χ2n) is 8.48. The van der Waals surface area contributed by atoms with Crippen molar-refractivity contribution in [1.29, 1.82) is 0 Å². The van der Waals surface area contributed by atoms with Gasteiger partial charge in [0.25, 0.3) is 5.91 Å². The Kier molecular flexibility index (Phi) is 7.44. The molecule has 0 radical (unpaired) electrons. The van der Waals surface area contributed by atoms with Crippen LogP contribution in [0.2, 0.25) is 0 Å². The monoisotopic (exact) mass is 464 g/mol. The number of carbonyl (C=O) groups is 2. The van der Waals surface area contributed by atoms with Gasteiger partial charge in [-0.3, -0.25) is 9.59 Å². The fourth-order valence-corrected chi connectivity index (χ4v) is 7.60. The fraction of sp³-hybridized carbons (Fsp3) is 0.895. The summed E-state index contributed by atoms with van der Waals surface area (Å²) in [6.07, 6.45) is 4.89. The second kappa shape index (κ2) is 9.52. The van der Waals surface area contributed by atoms with Crippen LogP contribution in [0.1, 0.15) is 51.9 Å². The smallest absolute Gasteiger partial charge is 0.309 e. The van der Waals surface area contributed by atoms with E-state index in [1.807, 2.05) is 0 Å². The molecule has 2 aliphatic heterocycles. The van der Waals surface area contributed by atoms with Crippen LogP contribution in [0, 0.1) is 5.92 Å². The lowest BCUT2D eigenvalue weighted by molar-refractivity contribution is -0.158. The predicted molar refractivity (Wildman–Crippen MR) is 111 cm³/mol. The number of amides is 1. The van der Waals surface area contributed by atoms with Gasteiger partial charge in [0.15, 0.2) is 16.4 Å². The number of sulfonamides is 1. The molecule has 9 nitrogen and oxygen atoms in total. The van der Waals surface area contributed by atoms with Crippen molar-refractivity contribution in [3.05, 3.63) is 0 Å². The zero-order valence-electron chi connectivity index (χ0n) is 17.5. The van der Waals surface area contributed by atoms with Gasteiger partial charge in [-0.1, -0.05) is 12.8 Å². The van der Waals surface area contributed by atoms with Gasteiger partial charge in [0.2, 0.25) is 10.0 Å². The van der Waals surface area contributed by atoms with Crippen molar-refractivity contribution >= 4 is 31.7 Å². The Balaban J connectivity index is 1.54. The molecular formula is C19H32N2O7S2. The molecule has 172 valence electrons. The summed E-state index contributed by atoms with van der Waals surface area (Å²) < 4.78 is 54.4. The molecule has 0 bridgehead atoms. The number of hydrogen-bond acceptors (Lipinski definition) is 7. The molecule has 0 aromatic carbocycles. The summed E-state index contributed by atoms with van der Waals surface area (Å²) in [6, 6.07) is -0.330. The van der Waals surface area contributed by atoms with Gasteiger partial charge in [-0.05, 0) is 39.0 Å². The number of nitrogens with zero attached hydrogens (tertiary/aromatic N) is 2. The van der Waals surface area contributed by atoms with Crippen molar-refractivity contribution in [3.63, 3.8) is 0 Å². The van der Waals surface area contributed by atoms with Gasteiger partial charge in [0.05, 0.1) is 23.2 Å². The Morgan fingerprint density at radius 2 is 1.67 bits per heavy atom. The first-order valence-corrected chi connectivity index (χ1v) is 14.2. The molecule has 0 aromatic rings. The summed E-state index contributed by atoms with van der Waals surface area (Å²) >= 11 is 0. The van der Waals surface area contributed by atoms with E-state index in [-0.39, 0.29) is 54.9 Å². The van der Waals surface area contributed by atoms with E-state index in [1.165, 1.54) is 4.31 Å². The molecule has 2 heterocycles. The highest BCUT2D eigenvalue weighted by atomic mass is 32.2. The third-order valence-electron chi connectivity index (χ3n) is 6.49. The van der Waals surface area contributed by atoms with Crippen LogP contribution < -0.4 is 0 Å². The molecule has 3 aliphatic rings.